The van der Waals surface area contributed by atoms with Crippen LogP contribution in [0, 0.1) is 0 Å². The van der Waals surface area contributed by atoms with Gasteiger partial charge >= 0.3 is 5.97 Å². The van der Waals surface area contributed by atoms with Crippen molar-refractivity contribution in [2.75, 3.05) is 39.5 Å². The summed E-state index contributed by atoms with van der Waals surface area (Å²) in [6.07, 6.45) is 4.95. The number of morpholine rings is 1. The monoisotopic (exact) mass is 482 g/mol. The fourth-order valence-electron chi connectivity index (χ4n) is 4.19. The van der Waals surface area contributed by atoms with Gasteiger partial charge < -0.3 is 19.5 Å². The number of carbonyl (C=O) groups is 2. The predicted molar refractivity (Wildman–Crippen MR) is 116 cm³/mol. The Morgan fingerprint density at radius 2 is 1.83 bits per heavy atom. The Hall–Kier alpha value is -1.64. The number of nitrogens with one attached hydrogen (secondary N) is 1. The highest BCUT2D eigenvalue weighted by molar-refractivity contribution is 9.10. The lowest BCUT2D eigenvalue weighted by Crippen LogP contribution is -2.59. The minimum absolute atomic E-state index is 0.0142. The Morgan fingerprint density at radius 1 is 1.17 bits per heavy atom. The molecule has 3 rings (SSSR count). The van der Waals surface area contributed by atoms with Gasteiger partial charge in [-0.15, -0.1) is 0 Å². The van der Waals surface area contributed by atoms with Gasteiger partial charge in [-0.3, -0.25) is 9.69 Å². The Kier molecular flexibility index (Phi) is 8.53. The van der Waals surface area contributed by atoms with Crippen molar-refractivity contribution in [1.29, 1.82) is 0 Å². The number of amides is 1. The van der Waals surface area contributed by atoms with Crippen molar-refractivity contribution >= 4 is 27.8 Å². The van der Waals surface area contributed by atoms with E-state index in [-0.39, 0.29) is 18.1 Å². The third-order valence-corrected chi connectivity index (χ3v) is 6.41. The summed E-state index contributed by atoms with van der Waals surface area (Å²) in [5.74, 6) is -0.275. The first-order valence-electron chi connectivity index (χ1n) is 10.7. The van der Waals surface area contributed by atoms with E-state index >= 15 is 0 Å². The molecule has 166 valence electrons. The number of hydrogen-bond acceptors (Lipinski definition) is 6. The molecule has 0 aromatic heterocycles. The van der Waals surface area contributed by atoms with E-state index in [1.807, 2.05) is 12.1 Å². The Morgan fingerprint density at radius 3 is 2.50 bits per heavy atom. The molecule has 8 heteroatoms. The Bertz CT molecular complexity index is 700. The van der Waals surface area contributed by atoms with Crippen LogP contribution >= 0.6 is 15.9 Å². The summed E-state index contributed by atoms with van der Waals surface area (Å²) < 4.78 is 17.2. The number of halogens is 1. The zero-order valence-corrected chi connectivity index (χ0v) is 19.1. The van der Waals surface area contributed by atoms with Gasteiger partial charge in [0.2, 0.25) is 0 Å². The molecule has 2 aliphatic rings. The lowest BCUT2D eigenvalue weighted by Gasteiger charge is -2.48. The standard InChI is InChI=1S/C22H31BrN2O5/c1-17(30-19-7-5-18(23)6-8-19)21(27)29-15-20(26)24-16-22(9-3-2-4-10-22)25-11-13-28-14-12-25/h5-8,17H,2-4,9-16H2,1H3,(H,24,26). The smallest absolute Gasteiger partial charge is 0.347 e. The van der Waals surface area contributed by atoms with Crippen molar-refractivity contribution in [1.82, 2.24) is 10.2 Å². The highest BCUT2D eigenvalue weighted by atomic mass is 79.9. The number of ether oxygens (including phenoxy) is 3. The number of nitrogens with zero attached hydrogens (tertiary/aromatic N) is 1. The number of benzene rings is 1. The molecule has 1 saturated heterocycles. The van der Waals surface area contributed by atoms with Gasteiger partial charge in [-0.05, 0) is 44.0 Å². The van der Waals surface area contributed by atoms with Gasteiger partial charge in [0, 0.05) is 29.6 Å². The second kappa shape index (κ2) is 11.1. The molecule has 1 saturated carbocycles. The lowest BCUT2D eigenvalue weighted by molar-refractivity contribution is -0.154. The van der Waals surface area contributed by atoms with E-state index < -0.39 is 12.1 Å². The van der Waals surface area contributed by atoms with Gasteiger partial charge in [-0.25, -0.2) is 4.79 Å². The molecule has 1 N–H and O–H groups in total. The van der Waals surface area contributed by atoms with Gasteiger partial charge in [0.1, 0.15) is 5.75 Å². The van der Waals surface area contributed by atoms with Crippen molar-refractivity contribution in [2.24, 2.45) is 0 Å². The second-order valence-corrected chi connectivity index (χ2v) is 8.90. The normalized spacial score (nSPS) is 20.2. The Labute approximate surface area is 186 Å². The van der Waals surface area contributed by atoms with Crippen molar-refractivity contribution in [2.45, 2.75) is 50.7 Å². The van der Waals surface area contributed by atoms with Crippen LogP contribution in [-0.2, 0) is 19.1 Å². The summed E-state index contributed by atoms with van der Waals surface area (Å²) in [5.41, 5.74) is -0.0142. The first-order valence-corrected chi connectivity index (χ1v) is 11.5. The van der Waals surface area contributed by atoms with Gasteiger partial charge in [-0.2, -0.15) is 0 Å². The summed E-state index contributed by atoms with van der Waals surface area (Å²) in [6.45, 7) is 5.16. The van der Waals surface area contributed by atoms with E-state index in [2.05, 4.69) is 26.1 Å². The van der Waals surface area contributed by atoms with Crippen LogP contribution in [-0.4, -0.2) is 67.9 Å². The highest BCUT2D eigenvalue weighted by Gasteiger charge is 2.38. The lowest BCUT2D eigenvalue weighted by atomic mass is 9.79. The van der Waals surface area contributed by atoms with Gasteiger partial charge in [-0.1, -0.05) is 35.2 Å². The summed E-state index contributed by atoms with van der Waals surface area (Å²) in [5, 5.41) is 3.00. The maximum atomic E-state index is 12.4. The van der Waals surface area contributed by atoms with Crippen LogP contribution in [0.2, 0.25) is 0 Å². The molecular weight excluding hydrogens is 452 g/mol. The fraction of sp³-hybridized carbons (Fsp3) is 0.636. The van der Waals surface area contributed by atoms with Crippen molar-refractivity contribution < 1.29 is 23.8 Å². The number of rotatable bonds is 8. The van der Waals surface area contributed by atoms with E-state index in [0.29, 0.717) is 12.3 Å². The highest BCUT2D eigenvalue weighted by Crippen LogP contribution is 2.33. The zero-order valence-electron chi connectivity index (χ0n) is 17.5. The van der Waals surface area contributed by atoms with Crippen molar-refractivity contribution in [3.8, 4) is 5.75 Å². The topological polar surface area (TPSA) is 77.1 Å². The van der Waals surface area contributed by atoms with Crippen LogP contribution in [0.15, 0.2) is 28.7 Å². The van der Waals surface area contributed by atoms with Gasteiger partial charge in [0.25, 0.3) is 5.91 Å². The molecule has 1 amide bonds. The maximum Gasteiger partial charge on any atom is 0.347 e. The largest absolute Gasteiger partial charge is 0.479 e. The maximum absolute atomic E-state index is 12.4. The second-order valence-electron chi connectivity index (χ2n) is 7.98. The van der Waals surface area contributed by atoms with E-state index in [4.69, 9.17) is 14.2 Å². The molecule has 1 aliphatic carbocycles. The van der Waals surface area contributed by atoms with Gasteiger partial charge in [0.15, 0.2) is 12.7 Å². The SMILES string of the molecule is CC(Oc1ccc(Br)cc1)C(=O)OCC(=O)NCC1(N2CCOCC2)CCCCC1. The van der Waals surface area contributed by atoms with Crippen molar-refractivity contribution in [3.63, 3.8) is 0 Å². The molecule has 2 fully saturated rings. The summed E-state index contributed by atoms with van der Waals surface area (Å²) >= 11 is 3.35. The van der Waals surface area contributed by atoms with Crippen molar-refractivity contribution in [3.05, 3.63) is 28.7 Å². The van der Waals surface area contributed by atoms with E-state index in [1.165, 1.54) is 19.3 Å². The summed E-state index contributed by atoms with van der Waals surface area (Å²) in [7, 11) is 0. The van der Waals surface area contributed by atoms with Crippen LogP contribution in [0.25, 0.3) is 0 Å². The number of hydrogen-bond donors (Lipinski definition) is 1. The molecule has 1 atom stereocenters. The molecule has 1 aromatic carbocycles. The van der Waals surface area contributed by atoms with E-state index in [9.17, 15) is 9.59 Å². The minimum Gasteiger partial charge on any atom is -0.479 e. The van der Waals surface area contributed by atoms with E-state index in [0.717, 1.165) is 43.6 Å². The molecule has 1 aliphatic heterocycles. The molecule has 0 spiro atoms. The first-order chi connectivity index (χ1) is 14.5. The Balaban J connectivity index is 1.44. The number of esters is 1. The van der Waals surface area contributed by atoms with Gasteiger partial charge in [0.05, 0.1) is 13.2 Å². The average Bonchev–Trinajstić information content (AvgIpc) is 2.78. The van der Waals surface area contributed by atoms with Crippen LogP contribution in [0.4, 0.5) is 0 Å². The van der Waals surface area contributed by atoms with Crippen LogP contribution < -0.4 is 10.1 Å². The molecule has 30 heavy (non-hydrogen) atoms. The average molecular weight is 483 g/mol. The molecule has 1 unspecified atom stereocenters. The molecular formula is C22H31BrN2O5. The third kappa shape index (κ3) is 6.43. The van der Waals surface area contributed by atoms with E-state index in [1.54, 1.807) is 19.1 Å². The summed E-state index contributed by atoms with van der Waals surface area (Å²) in [4.78, 5) is 27.0. The molecule has 7 nitrogen and oxygen atoms in total. The van der Waals surface area contributed by atoms with Crippen LogP contribution in [0.3, 0.4) is 0 Å². The summed E-state index contributed by atoms with van der Waals surface area (Å²) in [6, 6.07) is 7.18. The molecule has 0 radical (unpaired) electrons. The molecule has 0 bridgehead atoms. The minimum atomic E-state index is -0.794. The zero-order chi connectivity index (χ0) is 21.4. The fourth-order valence-corrected chi connectivity index (χ4v) is 4.45. The quantitative estimate of drug-likeness (QED) is 0.574. The molecule has 1 heterocycles. The first kappa shape index (κ1) is 23.0. The number of carbonyl (C=O) groups excluding carboxylic acids is 2. The predicted octanol–water partition coefficient (Wildman–Crippen LogP) is 2.91. The third-order valence-electron chi connectivity index (χ3n) is 5.88. The molecule has 1 aromatic rings. The van der Waals surface area contributed by atoms with Crippen LogP contribution in [0.5, 0.6) is 5.75 Å². The van der Waals surface area contributed by atoms with Crippen LogP contribution in [0.1, 0.15) is 39.0 Å².